The molecular formula is C15H28N4O. The maximum Gasteiger partial charge on any atom is 0.220 e. The molecule has 0 spiro atoms. The Morgan fingerprint density at radius 1 is 1.40 bits per heavy atom. The van der Waals surface area contributed by atoms with E-state index >= 15 is 0 Å². The third kappa shape index (κ3) is 4.63. The van der Waals surface area contributed by atoms with Gasteiger partial charge in [-0.2, -0.15) is 5.10 Å². The van der Waals surface area contributed by atoms with Gasteiger partial charge >= 0.3 is 0 Å². The molecule has 3 N–H and O–H groups in total. The number of nitrogens with two attached hydrogens (primary N) is 1. The number of carbonyl (C=O) groups is 1. The lowest BCUT2D eigenvalue weighted by atomic mass is 9.94. The number of amides is 1. The normalized spacial score (nSPS) is 12.8. The van der Waals surface area contributed by atoms with Crippen molar-refractivity contribution in [1.29, 1.82) is 0 Å². The van der Waals surface area contributed by atoms with Gasteiger partial charge in [-0.25, -0.2) is 0 Å². The number of hydrogen-bond acceptors (Lipinski definition) is 3. The molecule has 0 radical (unpaired) electrons. The molecule has 0 aliphatic carbocycles. The third-order valence-electron chi connectivity index (χ3n) is 3.73. The second-order valence-corrected chi connectivity index (χ2v) is 5.99. The summed E-state index contributed by atoms with van der Waals surface area (Å²) in [6.07, 6.45) is 1.50. The summed E-state index contributed by atoms with van der Waals surface area (Å²) in [5.74, 6) is 0.911. The smallest absolute Gasteiger partial charge is 0.220 e. The van der Waals surface area contributed by atoms with E-state index in [0.29, 0.717) is 25.4 Å². The molecule has 20 heavy (non-hydrogen) atoms. The molecule has 5 heteroatoms. The highest BCUT2D eigenvalue weighted by Crippen LogP contribution is 2.15. The first-order valence-electron chi connectivity index (χ1n) is 7.31. The lowest BCUT2D eigenvalue weighted by Gasteiger charge is -2.16. The van der Waals surface area contributed by atoms with Gasteiger partial charge in [0.25, 0.3) is 0 Å². The van der Waals surface area contributed by atoms with Crippen LogP contribution in [0.3, 0.4) is 0 Å². The lowest BCUT2D eigenvalue weighted by molar-refractivity contribution is -0.122. The van der Waals surface area contributed by atoms with E-state index in [2.05, 4.69) is 24.3 Å². The molecule has 1 atom stereocenters. The molecule has 1 heterocycles. The summed E-state index contributed by atoms with van der Waals surface area (Å²) in [7, 11) is 1.92. The quantitative estimate of drug-likeness (QED) is 0.798. The van der Waals surface area contributed by atoms with Gasteiger partial charge < -0.3 is 11.1 Å². The first kappa shape index (κ1) is 16.7. The number of rotatable bonds is 7. The zero-order chi connectivity index (χ0) is 15.3. The minimum atomic E-state index is 0.0729. The maximum absolute atomic E-state index is 12.0. The van der Waals surface area contributed by atoms with Gasteiger partial charge in [0.15, 0.2) is 0 Å². The summed E-state index contributed by atoms with van der Waals surface area (Å²) in [6, 6.07) is 0. The molecule has 1 aromatic heterocycles. The zero-order valence-electron chi connectivity index (χ0n) is 13.4. The van der Waals surface area contributed by atoms with Crippen LogP contribution in [-0.2, 0) is 18.4 Å². The van der Waals surface area contributed by atoms with Gasteiger partial charge in [-0.05, 0) is 38.6 Å². The van der Waals surface area contributed by atoms with Crippen LogP contribution in [0.1, 0.15) is 43.6 Å². The highest BCUT2D eigenvalue weighted by molar-refractivity contribution is 5.76. The van der Waals surface area contributed by atoms with Gasteiger partial charge in [-0.3, -0.25) is 9.48 Å². The number of nitrogens with zero attached hydrogens (tertiary/aromatic N) is 2. The number of nitrogens with one attached hydrogen (secondary N) is 1. The van der Waals surface area contributed by atoms with E-state index in [1.54, 1.807) is 0 Å². The Bertz CT molecular complexity index is 451. The van der Waals surface area contributed by atoms with Gasteiger partial charge in [-0.15, -0.1) is 0 Å². The topological polar surface area (TPSA) is 72.9 Å². The van der Waals surface area contributed by atoms with Crippen LogP contribution < -0.4 is 11.1 Å². The van der Waals surface area contributed by atoms with Gasteiger partial charge in [-0.1, -0.05) is 13.8 Å². The first-order chi connectivity index (χ1) is 9.35. The highest BCUT2D eigenvalue weighted by atomic mass is 16.1. The summed E-state index contributed by atoms with van der Waals surface area (Å²) < 4.78 is 1.85. The van der Waals surface area contributed by atoms with Crippen molar-refractivity contribution >= 4 is 5.91 Å². The molecule has 1 unspecified atom stereocenters. The Morgan fingerprint density at radius 3 is 2.50 bits per heavy atom. The van der Waals surface area contributed by atoms with Crippen molar-refractivity contribution in [2.45, 2.75) is 47.1 Å². The average Bonchev–Trinajstić information content (AvgIpc) is 2.60. The van der Waals surface area contributed by atoms with Crippen LogP contribution in [0.25, 0.3) is 0 Å². The van der Waals surface area contributed by atoms with E-state index in [-0.39, 0.29) is 11.8 Å². The van der Waals surface area contributed by atoms with Crippen molar-refractivity contribution < 1.29 is 4.79 Å². The van der Waals surface area contributed by atoms with Crippen molar-refractivity contribution in [2.24, 2.45) is 24.6 Å². The van der Waals surface area contributed by atoms with Gasteiger partial charge in [0.05, 0.1) is 5.69 Å². The van der Waals surface area contributed by atoms with E-state index in [0.717, 1.165) is 23.4 Å². The Morgan fingerprint density at radius 2 is 2.05 bits per heavy atom. The second kappa shape index (κ2) is 7.43. The van der Waals surface area contributed by atoms with Crippen molar-refractivity contribution in [1.82, 2.24) is 15.1 Å². The molecule has 0 saturated heterocycles. The Balaban J connectivity index is 2.50. The second-order valence-electron chi connectivity index (χ2n) is 5.99. The van der Waals surface area contributed by atoms with E-state index in [1.807, 2.05) is 25.6 Å². The van der Waals surface area contributed by atoms with Crippen LogP contribution in [-0.4, -0.2) is 22.2 Å². The fraction of sp³-hybridized carbons (Fsp3) is 0.733. The predicted molar refractivity (Wildman–Crippen MR) is 81.1 cm³/mol. The summed E-state index contributed by atoms with van der Waals surface area (Å²) in [5, 5.41) is 7.33. The van der Waals surface area contributed by atoms with Crippen LogP contribution in [0, 0.1) is 25.7 Å². The van der Waals surface area contributed by atoms with E-state index in [9.17, 15) is 4.79 Å². The van der Waals surface area contributed by atoms with Crippen LogP contribution in [0.4, 0.5) is 0 Å². The molecule has 0 aromatic carbocycles. The van der Waals surface area contributed by atoms with Crippen molar-refractivity contribution in [3.05, 3.63) is 17.0 Å². The molecule has 114 valence electrons. The largest absolute Gasteiger partial charge is 0.352 e. The third-order valence-corrected chi connectivity index (χ3v) is 3.73. The molecule has 0 aliphatic heterocycles. The summed E-state index contributed by atoms with van der Waals surface area (Å²) in [5.41, 5.74) is 8.91. The van der Waals surface area contributed by atoms with Gasteiger partial charge in [0.2, 0.25) is 5.91 Å². The molecule has 1 aromatic rings. The average molecular weight is 280 g/mol. The van der Waals surface area contributed by atoms with Crippen molar-refractivity contribution in [3.8, 4) is 0 Å². The molecular weight excluding hydrogens is 252 g/mol. The Hall–Kier alpha value is -1.36. The highest BCUT2D eigenvalue weighted by Gasteiger charge is 2.15. The fourth-order valence-corrected chi connectivity index (χ4v) is 2.52. The lowest BCUT2D eigenvalue weighted by Crippen LogP contribution is -2.28. The first-order valence-corrected chi connectivity index (χ1v) is 7.31. The summed E-state index contributed by atoms with van der Waals surface area (Å²) >= 11 is 0. The Kier molecular flexibility index (Phi) is 6.20. The van der Waals surface area contributed by atoms with E-state index < -0.39 is 0 Å². The predicted octanol–water partition coefficient (Wildman–Crippen LogP) is 1.66. The standard InChI is InChI=1S/C15H28N4O/c1-10(2)6-13(8-16)7-15(20)17-9-14-11(3)18-19(5)12(14)4/h10,13H,6-9,16H2,1-5H3,(H,17,20). The van der Waals surface area contributed by atoms with Crippen LogP contribution in [0.5, 0.6) is 0 Å². The van der Waals surface area contributed by atoms with E-state index in [4.69, 9.17) is 5.73 Å². The van der Waals surface area contributed by atoms with E-state index in [1.165, 1.54) is 0 Å². The van der Waals surface area contributed by atoms with Crippen molar-refractivity contribution in [2.75, 3.05) is 6.54 Å². The number of carbonyl (C=O) groups excluding carboxylic acids is 1. The Labute approximate surface area is 121 Å². The minimum absolute atomic E-state index is 0.0729. The monoisotopic (exact) mass is 280 g/mol. The molecule has 0 saturated carbocycles. The molecule has 0 fully saturated rings. The van der Waals surface area contributed by atoms with Crippen LogP contribution in [0.15, 0.2) is 0 Å². The number of aromatic nitrogens is 2. The van der Waals surface area contributed by atoms with Gasteiger partial charge in [0.1, 0.15) is 0 Å². The number of aryl methyl sites for hydroxylation is 2. The molecule has 0 bridgehead atoms. The maximum atomic E-state index is 12.0. The molecule has 5 nitrogen and oxygen atoms in total. The summed E-state index contributed by atoms with van der Waals surface area (Å²) in [6.45, 7) is 9.41. The summed E-state index contributed by atoms with van der Waals surface area (Å²) in [4.78, 5) is 12.0. The number of hydrogen-bond donors (Lipinski definition) is 2. The molecule has 0 aliphatic rings. The van der Waals surface area contributed by atoms with Crippen molar-refractivity contribution in [3.63, 3.8) is 0 Å². The molecule has 1 amide bonds. The SMILES string of the molecule is Cc1nn(C)c(C)c1CNC(=O)CC(CN)CC(C)C. The van der Waals surface area contributed by atoms with Crippen LogP contribution >= 0.6 is 0 Å². The zero-order valence-corrected chi connectivity index (χ0v) is 13.4. The van der Waals surface area contributed by atoms with Crippen LogP contribution in [0.2, 0.25) is 0 Å². The fourth-order valence-electron chi connectivity index (χ4n) is 2.52. The minimum Gasteiger partial charge on any atom is -0.352 e. The van der Waals surface area contributed by atoms with Gasteiger partial charge in [0, 0.05) is 31.3 Å². The molecule has 1 rings (SSSR count).